The molecule has 1 aliphatic rings. The van der Waals surface area contributed by atoms with E-state index in [1.54, 1.807) is 0 Å². The van der Waals surface area contributed by atoms with E-state index in [1.165, 1.54) is 25.8 Å². The maximum atomic E-state index is 5.53. The van der Waals surface area contributed by atoms with E-state index < -0.39 is 0 Å². The van der Waals surface area contributed by atoms with Crippen LogP contribution >= 0.6 is 0 Å². The fourth-order valence-electron chi connectivity index (χ4n) is 1.46. The molecule has 0 aromatic carbocycles. The third-order valence-corrected chi connectivity index (χ3v) is 2.79. The molecule has 72 valence electrons. The third-order valence-electron chi connectivity index (χ3n) is 2.79. The molecule has 1 rings (SSSR count). The van der Waals surface area contributed by atoms with Crippen molar-refractivity contribution < 1.29 is 0 Å². The summed E-state index contributed by atoms with van der Waals surface area (Å²) in [6, 6.07) is 0.832. The van der Waals surface area contributed by atoms with Crippen LogP contribution in [-0.4, -0.2) is 19.1 Å². The number of hydrogen-bond donors (Lipinski definition) is 2. The quantitative estimate of drug-likeness (QED) is 0.591. The van der Waals surface area contributed by atoms with Gasteiger partial charge in [0.2, 0.25) is 0 Å². The highest BCUT2D eigenvalue weighted by atomic mass is 15.0. The topological polar surface area (TPSA) is 38.0 Å². The molecule has 0 bridgehead atoms. The predicted octanol–water partition coefficient (Wildman–Crippen LogP) is 1.36. The van der Waals surface area contributed by atoms with Crippen LogP contribution in [0.5, 0.6) is 0 Å². The van der Waals surface area contributed by atoms with Gasteiger partial charge in [0.25, 0.3) is 0 Å². The maximum absolute atomic E-state index is 5.53. The van der Waals surface area contributed by atoms with Gasteiger partial charge in [-0.25, -0.2) is 0 Å². The Labute approximate surface area is 75.9 Å². The van der Waals surface area contributed by atoms with Gasteiger partial charge in [-0.05, 0) is 44.2 Å². The molecule has 0 aromatic rings. The van der Waals surface area contributed by atoms with E-state index in [9.17, 15) is 0 Å². The summed E-state index contributed by atoms with van der Waals surface area (Å²) in [5.41, 5.74) is 5.53. The third kappa shape index (κ3) is 3.55. The van der Waals surface area contributed by atoms with Crippen LogP contribution in [0, 0.1) is 11.8 Å². The molecule has 2 heteroatoms. The van der Waals surface area contributed by atoms with E-state index in [0.717, 1.165) is 18.5 Å². The lowest BCUT2D eigenvalue weighted by atomic mass is 10.1. The normalized spacial score (nSPS) is 30.2. The van der Waals surface area contributed by atoms with E-state index in [2.05, 4.69) is 19.2 Å². The average molecular weight is 170 g/mol. The van der Waals surface area contributed by atoms with Gasteiger partial charge in [-0.2, -0.15) is 0 Å². The Bertz CT molecular complexity index is 119. The standard InChI is InChI=1S/C10H22N2/c1-8(7-11)4-3-5-12-10-6-9(10)2/h8-10,12H,3-7,11H2,1-2H3. The molecular weight excluding hydrogens is 148 g/mol. The largest absolute Gasteiger partial charge is 0.330 e. The lowest BCUT2D eigenvalue weighted by Gasteiger charge is -2.08. The first-order valence-corrected chi connectivity index (χ1v) is 5.17. The van der Waals surface area contributed by atoms with Crippen molar-refractivity contribution in [2.45, 2.75) is 39.2 Å². The van der Waals surface area contributed by atoms with Crippen molar-refractivity contribution in [1.29, 1.82) is 0 Å². The van der Waals surface area contributed by atoms with E-state index in [-0.39, 0.29) is 0 Å². The van der Waals surface area contributed by atoms with E-state index in [4.69, 9.17) is 5.73 Å². The molecule has 3 N–H and O–H groups in total. The molecule has 0 aliphatic heterocycles. The summed E-state index contributed by atoms with van der Waals surface area (Å²) in [4.78, 5) is 0. The van der Waals surface area contributed by atoms with Gasteiger partial charge in [0.1, 0.15) is 0 Å². The van der Waals surface area contributed by atoms with Crippen molar-refractivity contribution in [1.82, 2.24) is 5.32 Å². The minimum atomic E-state index is 0.698. The molecule has 1 fully saturated rings. The Morgan fingerprint density at radius 3 is 2.75 bits per heavy atom. The monoisotopic (exact) mass is 170 g/mol. The highest BCUT2D eigenvalue weighted by Crippen LogP contribution is 2.28. The SMILES string of the molecule is CC(CN)CCCNC1CC1C. The van der Waals surface area contributed by atoms with Gasteiger partial charge in [0.15, 0.2) is 0 Å². The molecule has 0 amide bonds. The maximum Gasteiger partial charge on any atom is 0.00963 e. The van der Waals surface area contributed by atoms with Crippen molar-refractivity contribution in [2.24, 2.45) is 17.6 Å². The summed E-state index contributed by atoms with van der Waals surface area (Å²) in [6.45, 7) is 6.54. The minimum Gasteiger partial charge on any atom is -0.330 e. The van der Waals surface area contributed by atoms with Crippen molar-refractivity contribution in [3.63, 3.8) is 0 Å². The zero-order valence-electron chi connectivity index (χ0n) is 8.34. The van der Waals surface area contributed by atoms with Crippen molar-refractivity contribution in [3.8, 4) is 0 Å². The summed E-state index contributed by atoms with van der Waals surface area (Å²) in [5.74, 6) is 1.63. The number of rotatable bonds is 6. The van der Waals surface area contributed by atoms with Gasteiger partial charge in [-0.1, -0.05) is 13.8 Å². The zero-order valence-corrected chi connectivity index (χ0v) is 8.34. The molecule has 0 heterocycles. The van der Waals surface area contributed by atoms with Crippen molar-refractivity contribution in [3.05, 3.63) is 0 Å². The molecule has 0 radical (unpaired) electrons. The van der Waals surface area contributed by atoms with Gasteiger partial charge in [-0.15, -0.1) is 0 Å². The lowest BCUT2D eigenvalue weighted by molar-refractivity contribution is 0.497. The van der Waals surface area contributed by atoms with E-state index in [1.807, 2.05) is 0 Å². The van der Waals surface area contributed by atoms with Crippen LogP contribution < -0.4 is 11.1 Å². The Morgan fingerprint density at radius 2 is 2.25 bits per heavy atom. The predicted molar refractivity (Wildman–Crippen MR) is 53.0 cm³/mol. The fourth-order valence-corrected chi connectivity index (χ4v) is 1.46. The molecule has 0 saturated heterocycles. The summed E-state index contributed by atoms with van der Waals surface area (Å²) < 4.78 is 0. The summed E-state index contributed by atoms with van der Waals surface area (Å²) in [7, 11) is 0. The van der Waals surface area contributed by atoms with Crippen LogP contribution in [0.4, 0.5) is 0 Å². The van der Waals surface area contributed by atoms with Gasteiger partial charge in [-0.3, -0.25) is 0 Å². The fraction of sp³-hybridized carbons (Fsp3) is 1.00. The minimum absolute atomic E-state index is 0.698. The van der Waals surface area contributed by atoms with Crippen LogP contribution in [0.1, 0.15) is 33.1 Å². The molecule has 1 saturated carbocycles. The highest BCUT2D eigenvalue weighted by molar-refractivity contribution is 4.89. The average Bonchev–Trinajstić information content (AvgIpc) is 2.75. The first-order valence-electron chi connectivity index (χ1n) is 5.17. The zero-order chi connectivity index (χ0) is 8.97. The Kier molecular flexibility index (Phi) is 4.02. The smallest absolute Gasteiger partial charge is 0.00963 e. The second-order valence-electron chi connectivity index (χ2n) is 4.26. The lowest BCUT2D eigenvalue weighted by Crippen LogP contribution is -2.20. The Morgan fingerprint density at radius 1 is 1.58 bits per heavy atom. The van der Waals surface area contributed by atoms with E-state index in [0.29, 0.717) is 5.92 Å². The molecule has 12 heavy (non-hydrogen) atoms. The second kappa shape index (κ2) is 4.83. The number of nitrogens with one attached hydrogen (secondary N) is 1. The van der Waals surface area contributed by atoms with Crippen molar-refractivity contribution in [2.75, 3.05) is 13.1 Å². The van der Waals surface area contributed by atoms with Gasteiger partial charge >= 0.3 is 0 Å². The van der Waals surface area contributed by atoms with Crippen LogP contribution in [-0.2, 0) is 0 Å². The Balaban J connectivity index is 1.83. The number of hydrogen-bond acceptors (Lipinski definition) is 2. The van der Waals surface area contributed by atoms with E-state index >= 15 is 0 Å². The van der Waals surface area contributed by atoms with Crippen LogP contribution in [0.2, 0.25) is 0 Å². The highest BCUT2D eigenvalue weighted by Gasteiger charge is 2.31. The number of nitrogens with two attached hydrogens (primary N) is 1. The van der Waals surface area contributed by atoms with Crippen LogP contribution in [0.15, 0.2) is 0 Å². The summed E-state index contributed by atoms with van der Waals surface area (Å²) >= 11 is 0. The first-order chi connectivity index (χ1) is 5.74. The second-order valence-corrected chi connectivity index (χ2v) is 4.26. The first kappa shape index (κ1) is 10.0. The van der Waals surface area contributed by atoms with Gasteiger partial charge < -0.3 is 11.1 Å². The molecule has 0 aromatic heterocycles. The van der Waals surface area contributed by atoms with Crippen molar-refractivity contribution >= 4 is 0 Å². The molecule has 2 nitrogen and oxygen atoms in total. The van der Waals surface area contributed by atoms with Gasteiger partial charge in [0, 0.05) is 6.04 Å². The van der Waals surface area contributed by atoms with Gasteiger partial charge in [0.05, 0.1) is 0 Å². The molecular formula is C10H22N2. The van der Waals surface area contributed by atoms with Crippen LogP contribution in [0.3, 0.4) is 0 Å². The van der Waals surface area contributed by atoms with Crippen LogP contribution in [0.25, 0.3) is 0 Å². The Hall–Kier alpha value is -0.0800. The summed E-state index contributed by atoms with van der Waals surface area (Å²) in [5, 5.41) is 3.54. The summed E-state index contributed by atoms with van der Waals surface area (Å²) in [6.07, 6.45) is 3.93. The molecule has 3 atom stereocenters. The molecule has 1 aliphatic carbocycles. The molecule has 3 unspecified atom stereocenters. The molecule has 0 spiro atoms.